The highest BCUT2D eigenvalue weighted by molar-refractivity contribution is 5.78. The lowest BCUT2D eigenvalue weighted by molar-refractivity contribution is -0.123. The van der Waals surface area contributed by atoms with Gasteiger partial charge >= 0.3 is 0 Å². The van der Waals surface area contributed by atoms with Crippen molar-refractivity contribution in [2.24, 2.45) is 0 Å². The molecule has 0 saturated heterocycles. The van der Waals surface area contributed by atoms with E-state index >= 15 is 0 Å². The standard InChI is InChI=1S/C22H27NO3/c1-4-18-7-11-20(12-8-18)17(3)23-22(25)15-26-21-13-9-19(10-14-21)6-5-16(2)24/h7-14,17H,4-6,15H2,1-3H3,(H,23,25). The molecule has 138 valence electrons. The van der Waals surface area contributed by atoms with E-state index in [1.165, 1.54) is 5.56 Å². The molecule has 0 aromatic heterocycles. The first kappa shape index (κ1) is 19.7. The first-order valence-electron chi connectivity index (χ1n) is 9.07. The van der Waals surface area contributed by atoms with Crippen LogP contribution in [0.1, 0.15) is 49.9 Å². The number of carbonyl (C=O) groups is 2. The zero-order valence-corrected chi connectivity index (χ0v) is 15.7. The molecule has 1 atom stereocenters. The molecule has 0 saturated carbocycles. The first-order valence-corrected chi connectivity index (χ1v) is 9.07. The molecule has 0 heterocycles. The normalized spacial score (nSPS) is 11.7. The van der Waals surface area contributed by atoms with Crippen molar-refractivity contribution in [3.05, 3.63) is 65.2 Å². The number of carbonyl (C=O) groups excluding carboxylic acids is 2. The van der Waals surface area contributed by atoms with Crippen LogP contribution < -0.4 is 10.1 Å². The minimum atomic E-state index is -0.155. The molecule has 0 aliphatic heterocycles. The third-order valence-electron chi connectivity index (χ3n) is 4.32. The molecule has 1 unspecified atom stereocenters. The van der Waals surface area contributed by atoms with Crippen molar-refractivity contribution >= 4 is 11.7 Å². The lowest BCUT2D eigenvalue weighted by atomic mass is 10.1. The van der Waals surface area contributed by atoms with Gasteiger partial charge in [-0.3, -0.25) is 4.79 Å². The van der Waals surface area contributed by atoms with Crippen LogP contribution in [-0.4, -0.2) is 18.3 Å². The van der Waals surface area contributed by atoms with Crippen LogP contribution in [0.25, 0.3) is 0 Å². The van der Waals surface area contributed by atoms with E-state index in [4.69, 9.17) is 4.74 Å². The number of hydrogen-bond acceptors (Lipinski definition) is 3. The molecule has 4 heteroatoms. The largest absolute Gasteiger partial charge is 0.484 e. The van der Waals surface area contributed by atoms with Gasteiger partial charge in [-0.2, -0.15) is 0 Å². The lowest BCUT2D eigenvalue weighted by Crippen LogP contribution is -2.31. The van der Waals surface area contributed by atoms with Crippen LogP contribution in [0.3, 0.4) is 0 Å². The van der Waals surface area contributed by atoms with Crippen LogP contribution in [0.5, 0.6) is 5.75 Å². The van der Waals surface area contributed by atoms with E-state index in [9.17, 15) is 9.59 Å². The van der Waals surface area contributed by atoms with Crippen molar-refractivity contribution in [1.29, 1.82) is 0 Å². The number of benzene rings is 2. The second kappa shape index (κ2) is 9.76. The number of aryl methyl sites for hydroxylation is 2. The number of rotatable bonds is 9. The van der Waals surface area contributed by atoms with Gasteiger partial charge in [0.15, 0.2) is 6.61 Å². The fourth-order valence-electron chi connectivity index (χ4n) is 2.63. The zero-order valence-electron chi connectivity index (χ0n) is 15.7. The maximum absolute atomic E-state index is 12.1. The summed E-state index contributed by atoms with van der Waals surface area (Å²) in [4.78, 5) is 23.1. The summed E-state index contributed by atoms with van der Waals surface area (Å²) in [6.07, 6.45) is 2.27. The van der Waals surface area contributed by atoms with Crippen LogP contribution in [0.4, 0.5) is 0 Å². The molecule has 0 radical (unpaired) electrons. The van der Waals surface area contributed by atoms with Crippen LogP contribution in [0.2, 0.25) is 0 Å². The fourth-order valence-corrected chi connectivity index (χ4v) is 2.63. The van der Waals surface area contributed by atoms with Gasteiger partial charge in [-0.15, -0.1) is 0 Å². The Kier molecular flexibility index (Phi) is 7.39. The van der Waals surface area contributed by atoms with Gasteiger partial charge in [-0.05, 0) is 55.5 Å². The van der Waals surface area contributed by atoms with Gasteiger partial charge in [0.2, 0.25) is 0 Å². The van der Waals surface area contributed by atoms with Gasteiger partial charge in [0, 0.05) is 6.42 Å². The van der Waals surface area contributed by atoms with Crippen molar-refractivity contribution in [2.45, 2.75) is 46.1 Å². The number of nitrogens with one attached hydrogen (secondary N) is 1. The van der Waals surface area contributed by atoms with Crippen molar-refractivity contribution in [2.75, 3.05) is 6.61 Å². The molecule has 1 amide bonds. The molecular weight excluding hydrogens is 326 g/mol. The Morgan fingerprint density at radius 3 is 2.19 bits per heavy atom. The van der Waals surface area contributed by atoms with E-state index in [2.05, 4.69) is 24.4 Å². The lowest BCUT2D eigenvalue weighted by Gasteiger charge is -2.15. The predicted octanol–water partition coefficient (Wildman–Crippen LogP) is 4.03. The van der Waals surface area contributed by atoms with Crippen LogP contribution in [-0.2, 0) is 22.4 Å². The second-order valence-corrected chi connectivity index (χ2v) is 6.52. The van der Waals surface area contributed by atoms with Gasteiger partial charge in [-0.25, -0.2) is 0 Å². The molecule has 2 rings (SSSR count). The Labute approximate surface area is 155 Å². The Morgan fingerprint density at radius 1 is 1.00 bits per heavy atom. The molecule has 0 fully saturated rings. The predicted molar refractivity (Wildman–Crippen MR) is 103 cm³/mol. The van der Waals surface area contributed by atoms with E-state index in [1.807, 2.05) is 43.3 Å². The topological polar surface area (TPSA) is 55.4 Å². The monoisotopic (exact) mass is 353 g/mol. The van der Waals surface area contributed by atoms with Gasteiger partial charge < -0.3 is 14.8 Å². The molecule has 1 N–H and O–H groups in total. The number of ketones is 1. The Hall–Kier alpha value is -2.62. The summed E-state index contributed by atoms with van der Waals surface area (Å²) < 4.78 is 5.54. The van der Waals surface area contributed by atoms with E-state index < -0.39 is 0 Å². The summed E-state index contributed by atoms with van der Waals surface area (Å²) in [7, 11) is 0. The zero-order chi connectivity index (χ0) is 18.9. The van der Waals surface area contributed by atoms with Gasteiger partial charge in [0.25, 0.3) is 5.91 Å². The molecule has 2 aromatic rings. The highest BCUT2D eigenvalue weighted by Crippen LogP contribution is 2.15. The number of hydrogen-bond donors (Lipinski definition) is 1. The summed E-state index contributed by atoms with van der Waals surface area (Å²) in [6.45, 7) is 5.65. The van der Waals surface area contributed by atoms with Crippen molar-refractivity contribution in [1.82, 2.24) is 5.32 Å². The quantitative estimate of drug-likeness (QED) is 0.740. The second-order valence-electron chi connectivity index (χ2n) is 6.52. The molecule has 0 aliphatic rings. The molecular formula is C22H27NO3. The number of ether oxygens (including phenoxy) is 1. The van der Waals surface area contributed by atoms with Crippen LogP contribution in [0, 0.1) is 0 Å². The van der Waals surface area contributed by atoms with Crippen LogP contribution in [0.15, 0.2) is 48.5 Å². The minimum Gasteiger partial charge on any atom is -0.484 e. The van der Waals surface area contributed by atoms with Gasteiger partial charge in [-0.1, -0.05) is 43.3 Å². The van der Waals surface area contributed by atoms with Crippen molar-refractivity contribution < 1.29 is 14.3 Å². The maximum atomic E-state index is 12.1. The number of amides is 1. The Bertz CT molecular complexity index is 720. The average molecular weight is 353 g/mol. The summed E-state index contributed by atoms with van der Waals surface area (Å²) in [5.74, 6) is 0.671. The number of Topliss-reactive ketones (excluding diaryl/α,β-unsaturated/α-hetero) is 1. The molecule has 26 heavy (non-hydrogen) atoms. The van der Waals surface area contributed by atoms with E-state index in [1.54, 1.807) is 6.92 Å². The SMILES string of the molecule is CCc1ccc(C(C)NC(=O)COc2ccc(CCC(C)=O)cc2)cc1. The first-order chi connectivity index (χ1) is 12.5. The summed E-state index contributed by atoms with van der Waals surface area (Å²) in [5, 5.41) is 2.95. The molecule has 0 aliphatic carbocycles. The Morgan fingerprint density at radius 2 is 1.62 bits per heavy atom. The fraction of sp³-hybridized carbons (Fsp3) is 0.364. The van der Waals surface area contributed by atoms with Crippen molar-refractivity contribution in [3.8, 4) is 5.75 Å². The highest BCUT2D eigenvalue weighted by Gasteiger charge is 2.10. The minimum absolute atomic E-state index is 0.0236. The average Bonchev–Trinajstić information content (AvgIpc) is 2.65. The Balaban J connectivity index is 1.79. The molecule has 0 bridgehead atoms. The van der Waals surface area contributed by atoms with Gasteiger partial charge in [0.05, 0.1) is 6.04 Å². The third-order valence-corrected chi connectivity index (χ3v) is 4.32. The molecule has 0 spiro atoms. The summed E-state index contributed by atoms with van der Waals surface area (Å²) in [5.41, 5.74) is 3.44. The molecule has 4 nitrogen and oxygen atoms in total. The van der Waals surface area contributed by atoms with Gasteiger partial charge in [0.1, 0.15) is 11.5 Å². The summed E-state index contributed by atoms with van der Waals surface area (Å²) in [6, 6.07) is 15.7. The van der Waals surface area contributed by atoms with E-state index in [-0.39, 0.29) is 24.3 Å². The van der Waals surface area contributed by atoms with E-state index in [0.29, 0.717) is 12.2 Å². The van der Waals surface area contributed by atoms with Crippen LogP contribution >= 0.6 is 0 Å². The third kappa shape index (κ3) is 6.36. The van der Waals surface area contributed by atoms with Crippen molar-refractivity contribution in [3.63, 3.8) is 0 Å². The highest BCUT2D eigenvalue weighted by atomic mass is 16.5. The molecule has 2 aromatic carbocycles. The smallest absolute Gasteiger partial charge is 0.258 e. The summed E-state index contributed by atoms with van der Waals surface area (Å²) >= 11 is 0. The van der Waals surface area contributed by atoms with E-state index in [0.717, 1.165) is 24.0 Å². The maximum Gasteiger partial charge on any atom is 0.258 e.